The van der Waals surface area contributed by atoms with Gasteiger partial charge in [-0.1, -0.05) is 46.9 Å². The van der Waals surface area contributed by atoms with Crippen molar-refractivity contribution in [3.8, 4) is 11.5 Å². The van der Waals surface area contributed by atoms with Crippen LogP contribution < -0.4 is 19.6 Å². The Morgan fingerprint density at radius 2 is 1.21 bits per heavy atom. The van der Waals surface area contributed by atoms with Crippen LogP contribution in [0.2, 0.25) is 15.1 Å². The second-order valence-electron chi connectivity index (χ2n) is 9.80. The molecule has 242 valence electrons. The number of hydrogen-bond donors (Lipinski definition) is 2. The molecule has 0 bridgehead atoms. The number of halogens is 3. The monoisotopic (exact) mass is 721 g/mol. The van der Waals surface area contributed by atoms with Crippen LogP contribution in [0.5, 0.6) is 11.5 Å². The number of benzene rings is 5. The summed E-state index contributed by atoms with van der Waals surface area (Å²) in [5, 5.41) is 5.21. The smallest absolute Gasteiger partial charge is 0.343 e. The fourth-order valence-corrected chi connectivity index (χ4v) is 5.54. The Morgan fingerprint density at radius 3 is 1.81 bits per heavy atom. The lowest BCUT2D eigenvalue weighted by Gasteiger charge is -2.12. The SMILES string of the molecule is O=C(Oc1ccc(/C=N/NC(=O)c2ccccc2NS(=O)(=O)c2ccc(Cl)cc2)c(OC(=O)c2ccc(Cl)cc2)c1)c1ccc(Cl)cc1. The summed E-state index contributed by atoms with van der Waals surface area (Å²) >= 11 is 17.7. The normalized spacial score (nSPS) is 11.1. The molecule has 0 aliphatic carbocycles. The maximum absolute atomic E-state index is 13.1. The Labute approximate surface area is 289 Å². The number of carbonyl (C=O) groups is 3. The zero-order valence-electron chi connectivity index (χ0n) is 24.4. The summed E-state index contributed by atoms with van der Waals surface area (Å²) in [6.45, 7) is 0. The second-order valence-corrected chi connectivity index (χ2v) is 12.8. The Hall–Kier alpha value is -5.20. The van der Waals surface area contributed by atoms with Crippen LogP contribution in [-0.2, 0) is 10.0 Å². The molecule has 0 unspecified atom stereocenters. The highest BCUT2D eigenvalue weighted by molar-refractivity contribution is 7.92. The van der Waals surface area contributed by atoms with E-state index in [-0.39, 0.29) is 44.3 Å². The molecular weight excluding hydrogens is 701 g/mol. The second kappa shape index (κ2) is 15.1. The third kappa shape index (κ3) is 8.78. The van der Waals surface area contributed by atoms with Gasteiger partial charge in [0.05, 0.1) is 33.5 Å². The number of rotatable bonds is 10. The summed E-state index contributed by atoms with van der Waals surface area (Å²) in [7, 11) is -4.05. The first-order valence-electron chi connectivity index (χ1n) is 13.8. The van der Waals surface area contributed by atoms with Crippen LogP contribution >= 0.6 is 34.8 Å². The molecule has 0 heterocycles. The number of nitrogens with zero attached hydrogens (tertiary/aromatic N) is 1. The zero-order chi connectivity index (χ0) is 34.3. The van der Waals surface area contributed by atoms with Crippen LogP contribution in [-0.4, -0.2) is 32.5 Å². The van der Waals surface area contributed by atoms with E-state index in [1.54, 1.807) is 24.3 Å². The maximum atomic E-state index is 13.1. The van der Waals surface area contributed by atoms with E-state index in [2.05, 4.69) is 15.2 Å². The molecule has 5 rings (SSSR count). The molecule has 0 spiro atoms. The molecule has 0 atom stereocenters. The first-order chi connectivity index (χ1) is 23.0. The summed E-state index contributed by atoms with van der Waals surface area (Å²) in [4.78, 5) is 38.7. The van der Waals surface area contributed by atoms with Gasteiger partial charge in [0, 0.05) is 26.7 Å². The lowest BCUT2D eigenvalue weighted by atomic mass is 10.2. The van der Waals surface area contributed by atoms with Crippen LogP contribution in [0, 0.1) is 0 Å². The van der Waals surface area contributed by atoms with Crippen molar-refractivity contribution in [1.82, 2.24) is 5.43 Å². The first kappa shape index (κ1) is 34.1. The van der Waals surface area contributed by atoms with E-state index in [9.17, 15) is 22.8 Å². The number of carbonyl (C=O) groups excluding carboxylic acids is 3. The zero-order valence-corrected chi connectivity index (χ0v) is 27.5. The number of hydrazone groups is 1. The summed E-state index contributed by atoms with van der Waals surface area (Å²) in [5.74, 6) is -2.16. The van der Waals surface area contributed by atoms with Crippen molar-refractivity contribution >= 4 is 74.6 Å². The van der Waals surface area contributed by atoms with Gasteiger partial charge in [0.1, 0.15) is 11.5 Å². The van der Waals surface area contributed by atoms with Gasteiger partial charge in [0.2, 0.25) is 0 Å². The Kier molecular flexibility index (Phi) is 10.8. The van der Waals surface area contributed by atoms with Crippen LogP contribution in [0.25, 0.3) is 0 Å². The summed E-state index contributed by atoms with van der Waals surface area (Å²) in [6.07, 6.45) is 1.20. The summed E-state index contributed by atoms with van der Waals surface area (Å²) in [6, 6.07) is 27.7. The molecular formula is C34H22Cl3N3O7S. The summed E-state index contributed by atoms with van der Waals surface area (Å²) in [5.41, 5.74) is 2.97. The van der Waals surface area contributed by atoms with Crippen molar-refractivity contribution in [2.75, 3.05) is 4.72 Å². The van der Waals surface area contributed by atoms with Crippen LogP contribution in [0.3, 0.4) is 0 Å². The standard InChI is InChI=1S/C34H22Cl3N3O7S/c35-24-10-5-21(6-11-24)33(42)46-27-16-9-23(31(19-27)47-34(43)22-7-12-25(36)13-8-22)20-38-39-32(41)29-3-1-2-4-30(29)40-48(44,45)28-17-14-26(37)15-18-28/h1-20,40H,(H,39,41)/b38-20+. The number of nitrogens with one attached hydrogen (secondary N) is 2. The predicted molar refractivity (Wildman–Crippen MR) is 183 cm³/mol. The highest BCUT2D eigenvalue weighted by Gasteiger charge is 2.19. The number of anilines is 1. The number of para-hydroxylation sites is 1. The largest absolute Gasteiger partial charge is 0.423 e. The van der Waals surface area contributed by atoms with Gasteiger partial charge in [-0.3, -0.25) is 9.52 Å². The highest BCUT2D eigenvalue weighted by atomic mass is 35.5. The molecule has 0 fully saturated rings. The fraction of sp³-hybridized carbons (Fsp3) is 0. The average Bonchev–Trinajstić information content (AvgIpc) is 3.06. The van der Waals surface area contributed by atoms with Crippen LogP contribution in [0.1, 0.15) is 36.6 Å². The number of amides is 1. The highest BCUT2D eigenvalue weighted by Crippen LogP contribution is 2.27. The van der Waals surface area contributed by atoms with Gasteiger partial charge in [0.15, 0.2) is 0 Å². The van der Waals surface area contributed by atoms with Gasteiger partial charge in [-0.15, -0.1) is 0 Å². The van der Waals surface area contributed by atoms with E-state index in [1.165, 1.54) is 97.2 Å². The number of esters is 2. The molecule has 0 aliphatic heterocycles. The molecule has 5 aromatic rings. The van der Waals surface area contributed by atoms with Crippen LogP contribution in [0.4, 0.5) is 5.69 Å². The lowest BCUT2D eigenvalue weighted by molar-refractivity contribution is 0.0731. The molecule has 48 heavy (non-hydrogen) atoms. The van der Waals surface area contributed by atoms with E-state index in [0.717, 1.165) is 0 Å². The van der Waals surface area contributed by atoms with Gasteiger partial charge in [-0.25, -0.2) is 23.4 Å². The summed E-state index contributed by atoms with van der Waals surface area (Å²) < 4.78 is 39.3. The average molecular weight is 723 g/mol. The molecule has 10 nitrogen and oxygen atoms in total. The molecule has 14 heteroatoms. The van der Waals surface area contributed by atoms with E-state index < -0.39 is 27.9 Å². The van der Waals surface area contributed by atoms with Crippen molar-refractivity contribution in [2.45, 2.75) is 4.90 Å². The van der Waals surface area contributed by atoms with E-state index in [1.807, 2.05) is 0 Å². The van der Waals surface area contributed by atoms with Gasteiger partial charge >= 0.3 is 11.9 Å². The molecule has 0 saturated heterocycles. The molecule has 2 N–H and O–H groups in total. The third-order valence-electron chi connectivity index (χ3n) is 6.47. The third-order valence-corrected chi connectivity index (χ3v) is 8.61. The van der Waals surface area contributed by atoms with Gasteiger partial charge in [0.25, 0.3) is 15.9 Å². The predicted octanol–water partition coefficient (Wildman–Crippen LogP) is 7.65. The van der Waals surface area contributed by atoms with E-state index in [4.69, 9.17) is 44.3 Å². The van der Waals surface area contributed by atoms with Gasteiger partial charge in [-0.2, -0.15) is 5.10 Å². The van der Waals surface area contributed by atoms with Gasteiger partial charge < -0.3 is 9.47 Å². The molecule has 1 amide bonds. The quantitative estimate of drug-likeness (QED) is 0.0653. The van der Waals surface area contributed by atoms with Crippen LogP contribution in [0.15, 0.2) is 125 Å². The molecule has 0 aromatic heterocycles. The number of sulfonamides is 1. The molecule has 0 aliphatic rings. The minimum Gasteiger partial charge on any atom is -0.423 e. The lowest BCUT2D eigenvalue weighted by Crippen LogP contribution is -2.21. The minimum absolute atomic E-state index is 0.00425. The molecule has 0 radical (unpaired) electrons. The van der Waals surface area contributed by atoms with Gasteiger partial charge in [-0.05, 0) is 97.1 Å². The van der Waals surface area contributed by atoms with Crippen molar-refractivity contribution in [2.24, 2.45) is 5.10 Å². The Morgan fingerprint density at radius 1 is 0.667 bits per heavy atom. The maximum Gasteiger partial charge on any atom is 0.343 e. The van der Waals surface area contributed by atoms with Crippen molar-refractivity contribution < 1.29 is 32.3 Å². The fourth-order valence-electron chi connectivity index (χ4n) is 4.08. The van der Waals surface area contributed by atoms with Crippen molar-refractivity contribution in [3.63, 3.8) is 0 Å². The Bertz CT molecular complexity index is 2120. The number of hydrogen-bond acceptors (Lipinski definition) is 8. The van der Waals surface area contributed by atoms with E-state index in [0.29, 0.717) is 15.1 Å². The topological polar surface area (TPSA) is 140 Å². The molecule has 0 saturated carbocycles. The Balaban J connectivity index is 1.36. The van der Waals surface area contributed by atoms with Crippen molar-refractivity contribution in [1.29, 1.82) is 0 Å². The minimum atomic E-state index is -4.05. The van der Waals surface area contributed by atoms with Crippen molar-refractivity contribution in [3.05, 3.63) is 153 Å². The first-order valence-corrected chi connectivity index (χ1v) is 16.4. The molecule has 5 aromatic carbocycles. The number of ether oxygens (including phenoxy) is 2. The van der Waals surface area contributed by atoms with E-state index >= 15 is 0 Å².